The first-order chi connectivity index (χ1) is 16.6. The van der Waals surface area contributed by atoms with Gasteiger partial charge in [0.25, 0.3) is 11.6 Å². The SMILES string of the molecule is COCCOC(=O)C1=C(C)N(C)C(=S)NC1c1ccc(NC(=O)c2ccc(C)c([N+](=O)[O-])c2)cc1. The maximum absolute atomic E-state index is 12.8. The van der Waals surface area contributed by atoms with Crippen LogP contribution < -0.4 is 10.6 Å². The van der Waals surface area contributed by atoms with Crippen molar-refractivity contribution in [2.24, 2.45) is 0 Å². The summed E-state index contributed by atoms with van der Waals surface area (Å²) in [5.41, 5.74) is 2.84. The fourth-order valence-corrected chi connectivity index (χ4v) is 3.81. The van der Waals surface area contributed by atoms with E-state index in [-0.39, 0.29) is 24.5 Å². The summed E-state index contributed by atoms with van der Waals surface area (Å²) in [6.07, 6.45) is 0. The first kappa shape index (κ1) is 25.8. The van der Waals surface area contributed by atoms with Gasteiger partial charge in [0, 0.05) is 42.7 Å². The summed E-state index contributed by atoms with van der Waals surface area (Å²) >= 11 is 5.41. The first-order valence-corrected chi connectivity index (χ1v) is 11.1. The molecule has 0 spiro atoms. The zero-order chi connectivity index (χ0) is 25.7. The van der Waals surface area contributed by atoms with Gasteiger partial charge in [-0.1, -0.05) is 18.2 Å². The molecular formula is C24H26N4O6S. The number of ether oxygens (including phenoxy) is 2. The predicted octanol–water partition coefficient (Wildman–Crippen LogP) is 3.48. The highest BCUT2D eigenvalue weighted by atomic mass is 32.1. The highest BCUT2D eigenvalue weighted by Gasteiger charge is 2.33. The number of carbonyl (C=O) groups is 2. The second-order valence-corrected chi connectivity index (χ2v) is 8.29. The molecule has 184 valence electrons. The van der Waals surface area contributed by atoms with Crippen LogP contribution in [0, 0.1) is 17.0 Å². The largest absolute Gasteiger partial charge is 0.460 e. The Morgan fingerprint density at radius 3 is 2.49 bits per heavy atom. The van der Waals surface area contributed by atoms with Gasteiger partial charge >= 0.3 is 5.97 Å². The number of amides is 1. The number of nitro groups is 1. The molecule has 1 unspecified atom stereocenters. The van der Waals surface area contributed by atoms with Gasteiger partial charge in [0.15, 0.2) is 5.11 Å². The third-order valence-electron chi connectivity index (χ3n) is 5.66. The molecule has 0 saturated heterocycles. The normalized spacial score (nSPS) is 15.5. The van der Waals surface area contributed by atoms with Crippen LogP contribution in [0.5, 0.6) is 0 Å². The summed E-state index contributed by atoms with van der Waals surface area (Å²) in [6.45, 7) is 3.81. The summed E-state index contributed by atoms with van der Waals surface area (Å²) in [5.74, 6) is -0.956. The summed E-state index contributed by atoms with van der Waals surface area (Å²) in [6, 6.07) is 10.7. The van der Waals surface area contributed by atoms with Crippen molar-refractivity contribution < 1.29 is 24.0 Å². The van der Waals surface area contributed by atoms with Crippen molar-refractivity contribution in [2.75, 3.05) is 32.7 Å². The molecule has 2 N–H and O–H groups in total. The molecule has 3 rings (SSSR count). The lowest BCUT2D eigenvalue weighted by atomic mass is 9.95. The molecule has 0 saturated carbocycles. The van der Waals surface area contributed by atoms with Crippen LogP contribution in [0.3, 0.4) is 0 Å². The lowest BCUT2D eigenvalue weighted by Crippen LogP contribution is -2.46. The summed E-state index contributed by atoms with van der Waals surface area (Å²) in [4.78, 5) is 37.8. The predicted molar refractivity (Wildman–Crippen MR) is 134 cm³/mol. The number of hydrogen-bond acceptors (Lipinski definition) is 7. The Kier molecular flexibility index (Phi) is 8.15. The van der Waals surface area contributed by atoms with Gasteiger partial charge in [0.05, 0.1) is 23.1 Å². The zero-order valence-corrected chi connectivity index (χ0v) is 20.6. The Morgan fingerprint density at radius 1 is 1.17 bits per heavy atom. The second kappa shape index (κ2) is 11.1. The molecule has 0 bridgehead atoms. The Bertz CT molecular complexity index is 1200. The molecule has 35 heavy (non-hydrogen) atoms. The average molecular weight is 499 g/mol. The number of nitrogens with zero attached hydrogens (tertiary/aromatic N) is 2. The smallest absolute Gasteiger partial charge is 0.338 e. The first-order valence-electron chi connectivity index (χ1n) is 10.7. The topological polar surface area (TPSA) is 123 Å². The monoisotopic (exact) mass is 498 g/mol. The number of rotatable bonds is 8. The summed E-state index contributed by atoms with van der Waals surface area (Å²) < 4.78 is 10.3. The van der Waals surface area contributed by atoms with Crippen LogP contribution >= 0.6 is 12.2 Å². The van der Waals surface area contributed by atoms with Crippen molar-refractivity contribution in [2.45, 2.75) is 19.9 Å². The summed E-state index contributed by atoms with van der Waals surface area (Å²) in [5, 5.41) is 17.5. The number of carbonyl (C=O) groups excluding carboxylic acids is 2. The zero-order valence-electron chi connectivity index (χ0n) is 19.8. The Hall–Kier alpha value is -3.83. The van der Waals surface area contributed by atoms with Crippen LogP contribution in [0.2, 0.25) is 0 Å². The van der Waals surface area contributed by atoms with Gasteiger partial charge in [0.1, 0.15) is 6.61 Å². The fourth-order valence-electron chi connectivity index (χ4n) is 3.55. The average Bonchev–Trinajstić information content (AvgIpc) is 2.83. The van der Waals surface area contributed by atoms with E-state index in [1.54, 1.807) is 50.1 Å². The summed E-state index contributed by atoms with van der Waals surface area (Å²) in [7, 11) is 3.29. The van der Waals surface area contributed by atoms with Crippen LogP contribution in [-0.4, -0.2) is 54.2 Å². The minimum atomic E-state index is -0.543. The van der Waals surface area contributed by atoms with Crippen molar-refractivity contribution >= 4 is 40.6 Å². The van der Waals surface area contributed by atoms with Crippen molar-refractivity contribution in [1.29, 1.82) is 0 Å². The third-order valence-corrected chi connectivity index (χ3v) is 6.06. The molecule has 10 nitrogen and oxygen atoms in total. The Morgan fingerprint density at radius 2 is 1.86 bits per heavy atom. The molecular weight excluding hydrogens is 472 g/mol. The van der Waals surface area contributed by atoms with Crippen LogP contribution in [0.25, 0.3) is 0 Å². The number of nitro benzene ring substituents is 1. The quantitative estimate of drug-likeness (QED) is 0.185. The molecule has 1 aliphatic rings. The Labute approximate surface area is 208 Å². The number of anilines is 1. The van der Waals surface area contributed by atoms with Gasteiger partial charge in [-0.05, 0) is 49.8 Å². The van der Waals surface area contributed by atoms with Gasteiger partial charge in [0.2, 0.25) is 0 Å². The molecule has 1 amide bonds. The van der Waals surface area contributed by atoms with Crippen molar-refractivity contribution in [3.8, 4) is 0 Å². The van der Waals surface area contributed by atoms with Crippen molar-refractivity contribution in [3.05, 3.63) is 80.5 Å². The van der Waals surface area contributed by atoms with Crippen LogP contribution in [-0.2, 0) is 14.3 Å². The number of allylic oxidation sites excluding steroid dienone is 1. The number of thiocarbonyl (C=S) groups is 1. The van der Waals surface area contributed by atoms with Crippen molar-refractivity contribution in [1.82, 2.24) is 10.2 Å². The van der Waals surface area contributed by atoms with Gasteiger partial charge in [-0.15, -0.1) is 0 Å². The van der Waals surface area contributed by atoms with E-state index in [0.29, 0.717) is 27.6 Å². The van der Waals surface area contributed by atoms with E-state index in [1.807, 2.05) is 0 Å². The lowest BCUT2D eigenvalue weighted by Gasteiger charge is -2.35. The van der Waals surface area contributed by atoms with E-state index in [2.05, 4.69) is 10.6 Å². The molecule has 0 fully saturated rings. The number of nitrogens with one attached hydrogen (secondary N) is 2. The molecule has 2 aromatic rings. The van der Waals surface area contributed by atoms with E-state index in [0.717, 1.165) is 5.56 Å². The van der Waals surface area contributed by atoms with Crippen LogP contribution in [0.1, 0.15) is 34.5 Å². The lowest BCUT2D eigenvalue weighted by molar-refractivity contribution is -0.385. The maximum Gasteiger partial charge on any atom is 0.338 e. The van der Waals surface area contributed by atoms with E-state index in [9.17, 15) is 19.7 Å². The fraction of sp³-hybridized carbons (Fsp3) is 0.292. The van der Waals surface area contributed by atoms with Crippen molar-refractivity contribution in [3.63, 3.8) is 0 Å². The highest BCUT2D eigenvalue weighted by molar-refractivity contribution is 7.80. The third kappa shape index (κ3) is 5.81. The number of aryl methyl sites for hydroxylation is 1. The molecule has 2 aromatic carbocycles. The molecule has 0 radical (unpaired) electrons. The van der Waals surface area contributed by atoms with E-state index < -0.39 is 22.8 Å². The van der Waals surface area contributed by atoms with Gasteiger partial charge < -0.3 is 25.0 Å². The second-order valence-electron chi connectivity index (χ2n) is 7.90. The minimum Gasteiger partial charge on any atom is -0.460 e. The molecule has 1 heterocycles. The Balaban J connectivity index is 1.81. The van der Waals surface area contributed by atoms with Crippen LogP contribution in [0.4, 0.5) is 11.4 Å². The van der Waals surface area contributed by atoms with E-state index >= 15 is 0 Å². The molecule has 1 aliphatic heterocycles. The van der Waals surface area contributed by atoms with Crippen LogP contribution in [0.15, 0.2) is 53.7 Å². The highest BCUT2D eigenvalue weighted by Crippen LogP contribution is 2.31. The number of esters is 1. The van der Waals surface area contributed by atoms with E-state index in [4.69, 9.17) is 21.7 Å². The molecule has 11 heteroatoms. The molecule has 1 atom stereocenters. The van der Waals surface area contributed by atoms with Gasteiger partial charge in [-0.2, -0.15) is 0 Å². The molecule has 0 aliphatic carbocycles. The maximum atomic E-state index is 12.8. The van der Waals surface area contributed by atoms with Gasteiger partial charge in [-0.25, -0.2) is 4.79 Å². The number of methoxy groups -OCH3 is 1. The standard InChI is InChI=1S/C24H26N4O6S/c1-14-5-6-17(13-19(14)28(31)32)22(29)25-18-9-7-16(8-10-18)21-20(23(30)34-12-11-33-4)15(2)27(3)24(35)26-21/h5-10,13,21H,11-12H2,1-4H3,(H,25,29)(H,26,35). The molecule has 0 aromatic heterocycles. The van der Waals surface area contributed by atoms with E-state index in [1.165, 1.54) is 25.3 Å². The number of hydrogen-bond donors (Lipinski definition) is 2. The number of benzene rings is 2. The van der Waals surface area contributed by atoms with Gasteiger partial charge in [-0.3, -0.25) is 14.9 Å². The minimum absolute atomic E-state index is 0.120.